The van der Waals surface area contributed by atoms with Gasteiger partial charge in [-0.25, -0.2) is 4.79 Å². The van der Waals surface area contributed by atoms with Crippen LogP contribution in [-0.2, 0) is 32.5 Å². The maximum atomic E-state index is 14.8. The monoisotopic (exact) mass is 619 g/mol. The van der Waals surface area contributed by atoms with E-state index >= 15 is 0 Å². The molecule has 0 saturated carbocycles. The maximum Gasteiger partial charge on any atom is 0.321 e. The first-order chi connectivity index (χ1) is 23.1. The molecule has 0 aliphatic carbocycles. The van der Waals surface area contributed by atoms with E-state index in [-0.39, 0.29) is 24.0 Å². The number of urea groups is 1. The van der Waals surface area contributed by atoms with Gasteiger partial charge in [-0.15, -0.1) is 0 Å². The van der Waals surface area contributed by atoms with Crippen molar-refractivity contribution in [3.63, 3.8) is 0 Å². The van der Waals surface area contributed by atoms with Crippen LogP contribution in [0, 0.1) is 17.2 Å². The topological polar surface area (TPSA) is 56.6 Å². The number of nitriles is 1. The van der Waals surface area contributed by atoms with E-state index in [9.17, 15) is 10.1 Å². The molecule has 5 nitrogen and oxygen atoms in total. The van der Waals surface area contributed by atoms with Gasteiger partial charge in [0.1, 0.15) is 12.4 Å². The second-order valence-corrected chi connectivity index (χ2v) is 12.5. The molecule has 2 amide bonds. The molecule has 1 aliphatic rings. The van der Waals surface area contributed by atoms with E-state index in [1.165, 1.54) is 11.1 Å². The number of carbonyl (C=O) groups excluding carboxylic acids is 1. The lowest BCUT2D eigenvalue weighted by atomic mass is 9.82. The molecule has 3 atom stereocenters. The average Bonchev–Trinajstić information content (AvgIpc) is 3.12. The zero-order valence-corrected chi connectivity index (χ0v) is 26.9. The van der Waals surface area contributed by atoms with Crippen LogP contribution < -0.4 is 4.74 Å². The maximum absolute atomic E-state index is 14.8. The van der Waals surface area contributed by atoms with Crippen molar-refractivity contribution in [3.8, 4) is 11.8 Å². The van der Waals surface area contributed by atoms with Crippen molar-refractivity contribution in [2.75, 3.05) is 0 Å². The molecule has 5 aromatic rings. The van der Waals surface area contributed by atoms with E-state index in [2.05, 4.69) is 95.6 Å². The van der Waals surface area contributed by atoms with Crippen LogP contribution >= 0.6 is 0 Å². The van der Waals surface area contributed by atoms with Crippen LogP contribution in [0.1, 0.15) is 46.7 Å². The summed E-state index contributed by atoms with van der Waals surface area (Å²) in [7, 11) is 0. The minimum Gasteiger partial charge on any atom is -0.489 e. The summed E-state index contributed by atoms with van der Waals surface area (Å²) in [5.41, 5.74) is 6.20. The van der Waals surface area contributed by atoms with Gasteiger partial charge in [-0.2, -0.15) is 5.26 Å². The van der Waals surface area contributed by atoms with Gasteiger partial charge < -0.3 is 14.5 Å². The van der Waals surface area contributed by atoms with Gasteiger partial charge in [-0.05, 0) is 77.3 Å². The molecule has 1 saturated heterocycles. The normalized spacial score (nSPS) is 17.7. The SMILES string of the molecule is C[C@@H]1[C@@H](CCc2ccccc2)N(Cc2cccc(C#N)c2)C(=O)N(Cc2cccc(OCc3ccccc3)c2)[C@@H]1Cc1ccccc1. The van der Waals surface area contributed by atoms with Crippen LogP contribution in [0.4, 0.5) is 4.79 Å². The van der Waals surface area contributed by atoms with Gasteiger partial charge >= 0.3 is 6.03 Å². The number of ether oxygens (including phenoxy) is 1. The molecule has 1 heterocycles. The van der Waals surface area contributed by atoms with Gasteiger partial charge in [-0.3, -0.25) is 0 Å². The molecule has 0 spiro atoms. The van der Waals surface area contributed by atoms with Gasteiger partial charge in [0.15, 0.2) is 0 Å². The molecule has 6 rings (SSSR count). The summed E-state index contributed by atoms with van der Waals surface area (Å²) in [5, 5.41) is 9.58. The number of nitrogens with zero attached hydrogens (tertiary/aromatic N) is 3. The lowest BCUT2D eigenvalue weighted by Crippen LogP contribution is -2.62. The molecular formula is C42H41N3O2. The van der Waals surface area contributed by atoms with Crippen LogP contribution in [-0.4, -0.2) is 27.9 Å². The Kier molecular flexibility index (Phi) is 10.3. The van der Waals surface area contributed by atoms with Crippen molar-refractivity contribution in [1.82, 2.24) is 9.80 Å². The summed E-state index contributed by atoms with van der Waals surface area (Å²) in [6.07, 6.45) is 2.52. The van der Waals surface area contributed by atoms with Gasteiger partial charge in [0.25, 0.3) is 0 Å². The van der Waals surface area contributed by atoms with E-state index in [0.29, 0.717) is 25.3 Å². The van der Waals surface area contributed by atoms with E-state index < -0.39 is 0 Å². The van der Waals surface area contributed by atoms with Crippen molar-refractivity contribution < 1.29 is 9.53 Å². The second kappa shape index (κ2) is 15.3. The number of benzene rings is 5. The zero-order chi connectivity index (χ0) is 32.4. The highest BCUT2D eigenvalue weighted by Gasteiger charge is 2.44. The minimum atomic E-state index is 0.00117. The van der Waals surface area contributed by atoms with Crippen LogP contribution in [0.3, 0.4) is 0 Å². The van der Waals surface area contributed by atoms with Crippen LogP contribution in [0.2, 0.25) is 0 Å². The number of hydrogen-bond donors (Lipinski definition) is 0. The fraction of sp³-hybridized carbons (Fsp3) is 0.238. The summed E-state index contributed by atoms with van der Waals surface area (Å²) >= 11 is 0. The molecule has 0 aromatic heterocycles. The first kappa shape index (κ1) is 31.6. The predicted molar refractivity (Wildman–Crippen MR) is 187 cm³/mol. The van der Waals surface area contributed by atoms with Crippen molar-refractivity contribution in [1.29, 1.82) is 5.26 Å². The van der Waals surface area contributed by atoms with Crippen molar-refractivity contribution >= 4 is 6.03 Å². The summed E-state index contributed by atoms with van der Waals surface area (Å²) in [6.45, 7) is 3.72. The smallest absolute Gasteiger partial charge is 0.321 e. The van der Waals surface area contributed by atoms with E-state index in [0.717, 1.165) is 41.7 Å². The summed E-state index contributed by atoms with van der Waals surface area (Å²) < 4.78 is 6.17. The Morgan fingerprint density at radius 2 is 1.19 bits per heavy atom. The summed E-state index contributed by atoms with van der Waals surface area (Å²) in [4.78, 5) is 18.9. The molecule has 5 heteroatoms. The molecular weight excluding hydrogens is 578 g/mol. The third kappa shape index (κ3) is 8.09. The standard InChI is InChI=1S/C42H41N3O2/c1-32-40(24-23-33-13-5-2-6-14-33)44(29-37-20-11-19-36(25-37)28-43)42(46)45(41(32)27-34-15-7-3-8-16-34)30-38-21-12-22-39(26-38)47-31-35-17-9-4-10-18-35/h2-22,25-26,32,40-41H,23-24,27,29-31H2,1H3/t32-,40-,41-/m1/s1. The molecule has 1 aliphatic heterocycles. The first-order valence-corrected chi connectivity index (χ1v) is 16.5. The van der Waals surface area contributed by atoms with Crippen LogP contribution in [0.15, 0.2) is 140 Å². The minimum absolute atomic E-state index is 0.00117. The Hall–Kier alpha value is -5.34. The number of carbonyl (C=O) groups is 1. The molecule has 5 aromatic carbocycles. The third-order valence-electron chi connectivity index (χ3n) is 9.27. The number of rotatable bonds is 12. The molecule has 0 unspecified atom stereocenters. The largest absolute Gasteiger partial charge is 0.489 e. The lowest BCUT2D eigenvalue weighted by molar-refractivity contribution is 0.0185. The number of hydrogen-bond acceptors (Lipinski definition) is 3. The van der Waals surface area contributed by atoms with Gasteiger partial charge in [0.05, 0.1) is 11.6 Å². The highest BCUT2D eigenvalue weighted by atomic mass is 16.5. The van der Waals surface area contributed by atoms with Crippen molar-refractivity contribution in [3.05, 3.63) is 173 Å². The predicted octanol–water partition coefficient (Wildman–Crippen LogP) is 8.82. The molecule has 1 fully saturated rings. The summed E-state index contributed by atoms with van der Waals surface area (Å²) in [6, 6.07) is 49.2. The quantitative estimate of drug-likeness (QED) is 0.140. The van der Waals surface area contributed by atoms with Gasteiger partial charge in [-0.1, -0.05) is 122 Å². The van der Waals surface area contributed by atoms with Crippen molar-refractivity contribution in [2.24, 2.45) is 5.92 Å². The average molecular weight is 620 g/mol. The third-order valence-corrected chi connectivity index (χ3v) is 9.27. The van der Waals surface area contributed by atoms with Crippen molar-refractivity contribution in [2.45, 2.75) is 58.0 Å². The Morgan fingerprint density at radius 3 is 1.85 bits per heavy atom. The second-order valence-electron chi connectivity index (χ2n) is 12.5. The number of amides is 2. The summed E-state index contributed by atoms with van der Waals surface area (Å²) in [5.74, 6) is 0.975. The molecule has 47 heavy (non-hydrogen) atoms. The van der Waals surface area contributed by atoms with E-state index in [1.807, 2.05) is 66.7 Å². The van der Waals surface area contributed by atoms with Gasteiger partial charge in [0, 0.05) is 25.2 Å². The Balaban J connectivity index is 1.31. The molecule has 236 valence electrons. The molecule has 0 N–H and O–H groups in total. The zero-order valence-electron chi connectivity index (χ0n) is 26.9. The Morgan fingerprint density at radius 1 is 0.638 bits per heavy atom. The fourth-order valence-corrected chi connectivity index (χ4v) is 6.78. The van der Waals surface area contributed by atoms with Gasteiger partial charge in [0.2, 0.25) is 0 Å². The number of aryl methyl sites for hydroxylation is 1. The Labute approximate surface area is 278 Å². The van der Waals surface area contributed by atoms with Crippen LogP contribution in [0.25, 0.3) is 0 Å². The Bertz CT molecular complexity index is 1790. The molecule has 0 radical (unpaired) electrons. The van der Waals surface area contributed by atoms with Crippen LogP contribution in [0.5, 0.6) is 5.75 Å². The fourth-order valence-electron chi connectivity index (χ4n) is 6.78. The van der Waals surface area contributed by atoms with E-state index in [4.69, 9.17) is 4.74 Å². The highest BCUT2D eigenvalue weighted by molar-refractivity contribution is 5.76. The van der Waals surface area contributed by atoms with E-state index in [1.54, 1.807) is 0 Å². The first-order valence-electron chi connectivity index (χ1n) is 16.5. The lowest BCUT2D eigenvalue weighted by Gasteiger charge is -2.51. The highest BCUT2D eigenvalue weighted by Crippen LogP contribution is 2.35. The molecule has 0 bridgehead atoms.